The molecule has 1 aliphatic heterocycles. The number of hydrogen-bond acceptors (Lipinski definition) is 4. The van der Waals surface area contributed by atoms with Crippen LogP contribution in [0.1, 0.15) is 37.8 Å². The molecule has 4 rings (SSSR count). The Morgan fingerprint density at radius 3 is 3.00 bits per heavy atom. The lowest BCUT2D eigenvalue weighted by Crippen LogP contribution is -2.50. The summed E-state index contributed by atoms with van der Waals surface area (Å²) in [5.74, 6) is 0.867. The summed E-state index contributed by atoms with van der Waals surface area (Å²) in [6, 6.07) is 8.49. The van der Waals surface area contributed by atoms with Crippen LogP contribution < -0.4 is 5.32 Å². The standard InChI is InChI=1S/C17H22N4O/c1-2-9-18-16(4-1)21-15(5-10-20-21)13-19-14-6-11-22-17(12-14)7-3-8-17/h1-2,4-5,9-10,14,19H,3,6-8,11-13H2. The van der Waals surface area contributed by atoms with Gasteiger partial charge in [0.1, 0.15) is 0 Å². The van der Waals surface area contributed by atoms with Gasteiger partial charge < -0.3 is 10.1 Å². The highest BCUT2D eigenvalue weighted by atomic mass is 16.5. The van der Waals surface area contributed by atoms with Crippen molar-refractivity contribution in [3.05, 3.63) is 42.4 Å². The van der Waals surface area contributed by atoms with Crippen molar-refractivity contribution in [2.24, 2.45) is 0 Å². The van der Waals surface area contributed by atoms with Crippen LogP contribution in [-0.2, 0) is 11.3 Å². The SMILES string of the molecule is c1ccc(-n2nccc2CNC2CCOC3(CCC3)C2)nc1. The molecule has 0 radical (unpaired) electrons. The average Bonchev–Trinajstić information content (AvgIpc) is 3.01. The first-order valence-electron chi connectivity index (χ1n) is 8.16. The van der Waals surface area contributed by atoms with Gasteiger partial charge in [-0.2, -0.15) is 5.10 Å². The zero-order valence-electron chi connectivity index (χ0n) is 12.7. The van der Waals surface area contributed by atoms with Crippen LogP contribution in [0.4, 0.5) is 0 Å². The van der Waals surface area contributed by atoms with Gasteiger partial charge in [-0.15, -0.1) is 0 Å². The summed E-state index contributed by atoms with van der Waals surface area (Å²) in [6.45, 7) is 1.70. The summed E-state index contributed by atoms with van der Waals surface area (Å²) in [6.07, 6.45) is 9.66. The first-order valence-corrected chi connectivity index (χ1v) is 8.16. The maximum Gasteiger partial charge on any atom is 0.153 e. The predicted octanol–water partition coefficient (Wildman–Crippen LogP) is 2.46. The van der Waals surface area contributed by atoms with Crippen LogP contribution in [0.2, 0.25) is 0 Å². The number of nitrogens with zero attached hydrogens (tertiary/aromatic N) is 3. The quantitative estimate of drug-likeness (QED) is 0.942. The van der Waals surface area contributed by atoms with Crippen LogP contribution in [0, 0.1) is 0 Å². The molecule has 0 aromatic carbocycles. The van der Waals surface area contributed by atoms with Crippen LogP contribution in [0.3, 0.4) is 0 Å². The Labute approximate surface area is 130 Å². The summed E-state index contributed by atoms with van der Waals surface area (Å²) in [5, 5.41) is 8.08. The summed E-state index contributed by atoms with van der Waals surface area (Å²) < 4.78 is 7.90. The Balaban J connectivity index is 1.41. The van der Waals surface area contributed by atoms with Gasteiger partial charge in [-0.3, -0.25) is 0 Å². The molecule has 1 N–H and O–H groups in total. The van der Waals surface area contributed by atoms with Gasteiger partial charge in [0.05, 0.1) is 11.3 Å². The van der Waals surface area contributed by atoms with Gasteiger partial charge >= 0.3 is 0 Å². The second-order valence-corrected chi connectivity index (χ2v) is 6.38. The first-order chi connectivity index (χ1) is 10.8. The number of nitrogens with one attached hydrogen (secondary N) is 1. The van der Waals surface area contributed by atoms with E-state index in [1.807, 2.05) is 29.1 Å². The van der Waals surface area contributed by atoms with Crippen LogP contribution in [0.5, 0.6) is 0 Å². The fraction of sp³-hybridized carbons (Fsp3) is 0.529. The van der Waals surface area contributed by atoms with E-state index in [4.69, 9.17) is 4.74 Å². The van der Waals surface area contributed by atoms with Crippen LogP contribution in [0.15, 0.2) is 36.7 Å². The molecule has 1 atom stereocenters. The lowest BCUT2D eigenvalue weighted by Gasteiger charge is -2.47. The maximum absolute atomic E-state index is 5.99. The van der Waals surface area contributed by atoms with E-state index in [-0.39, 0.29) is 5.60 Å². The minimum Gasteiger partial charge on any atom is -0.375 e. The summed E-state index contributed by atoms with van der Waals surface area (Å²) in [5.41, 5.74) is 1.34. The minimum absolute atomic E-state index is 0.192. The lowest BCUT2D eigenvalue weighted by atomic mass is 9.74. The molecule has 1 saturated carbocycles. The molecule has 22 heavy (non-hydrogen) atoms. The Morgan fingerprint density at radius 1 is 1.27 bits per heavy atom. The van der Waals surface area contributed by atoms with Crippen molar-refractivity contribution < 1.29 is 4.74 Å². The molecular weight excluding hydrogens is 276 g/mol. The number of pyridine rings is 1. The van der Waals surface area contributed by atoms with Gasteiger partial charge in [0, 0.05) is 31.6 Å². The highest BCUT2D eigenvalue weighted by Crippen LogP contribution is 2.42. The zero-order chi connectivity index (χ0) is 14.8. The molecule has 5 nitrogen and oxygen atoms in total. The molecule has 3 heterocycles. The van der Waals surface area contributed by atoms with E-state index in [9.17, 15) is 0 Å². The lowest BCUT2D eigenvalue weighted by molar-refractivity contribution is -0.135. The molecule has 0 amide bonds. The van der Waals surface area contributed by atoms with Crippen molar-refractivity contribution in [2.45, 2.75) is 50.3 Å². The molecular formula is C17H22N4O. The van der Waals surface area contributed by atoms with E-state index in [0.717, 1.165) is 37.5 Å². The van der Waals surface area contributed by atoms with Crippen LogP contribution in [0.25, 0.3) is 5.82 Å². The third kappa shape index (κ3) is 2.66. The van der Waals surface area contributed by atoms with E-state index < -0.39 is 0 Å². The number of aromatic nitrogens is 3. The van der Waals surface area contributed by atoms with Crippen molar-refractivity contribution in [1.29, 1.82) is 0 Å². The van der Waals surface area contributed by atoms with E-state index in [0.29, 0.717) is 6.04 Å². The third-order valence-corrected chi connectivity index (χ3v) is 4.92. The Bertz CT molecular complexity index is 621. The Morgan fingerprint density at radius 2 is 2.23 bits per heavy atom. The fourth-order valence-corrected chi connectivity index (χ4v) is 3.52. The molecule has 2 aromatic rings. The average molecular weight is 298 g/mol. The molecule has 2 fully saturated rings. The molecule has 1 saturated heterocycles. The van der Waals surface area contributed by atoms with Gasteiger partial charge in [-0.05, 0) is 50.3 Å². The van der Waals surface area contributed by atoms with E-state index in [1.165, 1.54) is 19.3 Å². The van der Waals surface area contributed by atoms with Gasteiger partial charge in [-0.25, -0.2) is 9.67 Å². The monoisotopic (exact) mass is 298 g/mol. The van der Waals surface area contributed by atoms with E-state index in [1.54, 1.807) is 6.20 Å². The number of hydrogen-bond donors (Lipinski definition) is 1. The molecule has 1 aliphatic carbocycles. The summed E-state index contributed by atoms with van der Waals surface area (Å²) >= 11 is 0. The molecule has 116 valence electrons. The van der Waals surface area contributed by atoms with Crippen LogP contribution >= 0.6 is 0 Å². The zero-order valence-corrected chi connectivity index (χ0v) is 12.7. The Kier molecular flexibility index (Phi) is 3.68. The Hall–Kier alpha value is -1.72. The molecule has 1 spiro atoms. The van der Waals surface area contributed by atoms with Gasteiger partial charge in [-0.1, -0.05) is 6.07 Å². The summed E-state index contributed by atoms with van der Waals surface area (Å²) in [7, 11) is 0. The third-order valence-electron chi connectivity index (χ3n) is 4.92. The number of ether oxygens (including phenoxy) is 1. The molecule has 0 bridgehead atoms. The fourth-order valence-electron chi connectivity index (χ4n) is 3.52. The van der Waals surface area contributed by atoms with Crippen molar-refractivity contribution in [2.75, 3.05) is 6.61 Å². The highest BCUT2D eigenvalue weighted by molar-refractivity contribution is 5.23. The van der Waals surface area contributed by atoms with E-state index >= 15 is 0 Å². The van der Waals surface area contributed by atoms with Gasteiger partial charge in [0.15, 0.2) is 5.82 Å². The smallest absolute Gasteiger partial charge is 0.153 e. The first kappa shape index (κ1) is 13.9. The molecule has 1 unspecified atom stereocenters. The van der Waals surface area contributed by atoms with Gasteiger partial charge in [0.2, 0.25) is 0 Å². The van der Waals surface area contributed by atoms with Crippen molar-refractivity contribution in [1.82, 2.24) is 20.1 Å². The minimum atomic E-state index is 0.192. The molecule has 5 heteroatoms. The van der Waals surface area contributed by atoms with Crippen molar-refractivity contribution >= 4 is 0 Å². The maximum atomic E-state index is 5.99. The van der Waals surface area contributed by atoms with Crippen LogP contribution in [-0.4, -0.2) is 33.0 Å². The number of rotatable bonds is 4. The second kappa shape index (κ2) is 5.82. The summed E-state index contributed by atoms with van der Waals surface area (Å²) in [4.78, 5) is 4.37. The predicted molar refractivity (Wildman–Crippen MR) is 83.8 cm³/mol. The largest absolute Gasteiger partial charge is 0.375 e. The van der Waals surface area contributed by atoms with Gasteiger partial charge in [0.25, 0.3) is 0 Å². The normalized spacial score (nSPS) is 23.4. The van der Waals surface area contributed by atoms with Crippen molar-refractivity contribution in [3.8, 4) is 5.82 Å². The topological polar surface area (TPSA) is 52.0 Å². The van der Waals surface area contributed by atoms with E-state index in [2.05, 4.69) is 21.5 Å². The molecule has 2 aromatic heterocycles. The molecule has 2 aliphatic rings. The second-order valence-electron chi connectivity index (χ2n) is 6.38. The highest BCUT2D eigenvalue weighted by Gasteiger charge is 2.42. The van der Waals surface area contributed by atoms with Crippen molar-refractivity contribution in [3.63, 3.8) is 0 Å².